The van der Waals surface area contributed by atoms with Crippen LogP contribution < -0.4 is 10.2 Å². The molecule has 0 bridgehead atoms. The van der Waals surface area contributed by atoms with Crippen LogP contribution in [0.15, 0.2) is 52.3 Å². The molecule has 7 nitrogen and oxygen atoms in total. The Balaban J connectivity index is 1.70. The number of sulfonamides is 1. The molecule has 1 aliphatic heterocycles. The molecule has 0 atom stereocenters. The number of hydroxylamine groups is 1. The zero-order chi connectivity index (χ0) is 22.8. The first kappa shape index (κ1) is 23.4. The number of carbonyl (C=O) groups excluding carboxylic acids is 1. The number of piperidine rings is 1. The molecule has 0 aromatic heterocycles. The third-order valence-corrected chi connectivity index (χ3v) is 7.15. The Hall–Kier alpha value is -2.28. The summed E-state index contributed by atoms with van der Waals surface area (Å²) in [5, 5.41) is 8.93. The zero-order valence-corrected chi connectivity index (χ0v) is 17.7. The lowest BCUT2D eigenvalue weighted by atomic mass is 10.1. The van der Waals surface area contributed by atoms with Gasteiger partial charge in [-0.25, -0.2) is 13.9 Å². The lowest BCUT2D eigenvalue weighted by molar-refractivity contribution is -0.137. The van der Waals surface area contributed by atoms with E-state index in [0.29, 0.717) is 12.8 Å². The van der Waals surface area contributed by atoms with Crippen LogP contribution in [0.3, 0.4) is 0 Å². The zero-order valence-electron chi connectivity index (χ0n) is 16.0. The average molecular weight is 476 g/mol. The SMILES string of the molecule is O=C(NO)c1c(S)cccc1S(=O)(=O)N1CCC(Oc2ccc(C(F)(F)F)cc2)CC1. The van der Waals surface area contributed by atoms with Gasteiger partial charge in [0.1, 0.15) is 11.9 Å². The van der Waals surface area contributed by atoms with Crippen molar-refractivity contribution >= 4 is 28.6 Å². The minimum absolute atomic E-state index is 0.0879. The van der Waals surface area contributed by atoms with Crippen molar-refractivity contribution in [2.24, 2.45) is 0 Å². The second-order valence-corrected chi connectivity index (χ2v) is 9.22. The number of carbonyl (C=O) groups is 1. The minimum atomic E-state index is -4.44. The Morgan fingerprint density at radius 1 is 1.13 bits per heavy atom. The van der Waals surface area contributed by atoms with Gasteiger partial charge in [-0.1, -0.05) is 6.07 Å². The van der Waals surface area contributed by atoms with Crippen LogP contribution in [-0.4, -0.2) is 43.0 Å². The smallest absolute Gasteiger partial charge is 0.416 e. The lowest BCUT2D eigenvalue weighted by Crippen LogP contribution is -2.42. The van der Waals surface area contributed by atoms with Crippen LogP contribution in [0.25, 0.3) is 0 Å². The molecule has 0 radical (unpaired) electrons. The van der Waals surface area contributed by atoms with Crippen molar-refractivity contribution in [3.63, 3.8) is 0 Å². The summed E-state index contributed by atoms with van der Waals surface area (Å²) >= 11 is 4.11. The Labute approximate surface area is 182 Å². The molecule has 31 heavy (non-hydrogen) atoms. The molecule has 0 aliphatic carbocycles. The van der Waals surface area contributed by atoms with E-state index in [1.54, 1.807) is 0 Å². The molecule has 3 rings (SSSR count). The highest BCUT2D eigenvalue weighted by Crippen LogP contribution is 2.32. The van der Waals surface area contributed by atoms with Crippen LogP contribution >= 0.6 is 12.6 Å². The highest BCUT2D eigenvalue weighted by atomic mass is 32.2. The standard InChI is InChI=1S/C19H19F3N2O5S2/c20-19(21,22)12-4-6-13(7-5-12)29-14-8-10-24(11-9-14)31(27,28)16-3-1-2-15(30)17(16)18(25)23-26/h1-7,14,26,30H,8-11H2,(H,23,25). The third-order valence-electron chi connectivity index (χ3n) is 4.84. The van der Waals surface area contributed by atoms with Crippen LogP contribution in [0.5, 0.6) is 5.75 Å². The highest BCUT2D eigenvalue weighted by molar-refractivity contribution is 7.89. The van der Waals surface area contributed by atoms with Crippen LogP contribution in [0, 0.1) is 0 Å². The number of hydrogen-bond acceptors (Lipinski definition) is 6. The largest absolute Gasteiger partial charge is 0.490 e. The Morgan fingerprint density at radius 3 is 2.29 bits per heavy atom. The number of hydrogen-bond donors (Lipinski definition) is 3. The van der Waals surface area contributed by atoms with Crippen molar-refractivity contribution in [2.45, 2.75) is 34.9 Å². The van der Waals surface area contributed by atoms with E-state index in [4.69, 9.17) is 9.94 Å². The van der Waals surface area contributed by atoms with Crippen molar-refractivity contribution in [1.82, 2.24) is 9.79 Å². The summed E-state index contributed by atoms with van der Waals surface area (Å²) in [6.07, 6.45) is -4.20. The molecule has 1 heterocycles. The maximum atomic E-state index is 13.1. The monoisotopic (exact) mass is 476 g/mol. The number of nitrogens with zero attached hydrogens (tertiary/aromatic N) is 1. The van der Waals surface area contributed by atoms with E-state index >= 15 is 0 Å². The average Bonchev–Trinajstić information content (AvgIpc) is 2.73. The number of nitrogens with one attached hydrogen (secondary N) is 1. The van der Waals surface area contributed by atoms with Gasteiger partial charge in [0.25, 0.3) is 5.91 Å². The van der Waals surface area contributed by atoms with Crippen molar-refractivity contribution in [3.8, 4) is 5.75 Å². The molecule has 12 heteroatoms. The minimum Gasteiger partial charge on any atom is -0.490 e. The van der Waals surface area contributed by atoms with E-state index in [2.05, 4.69) is 12.6 Å². The number of benzene rings is 2. The summed E-state index contributed by atoms with van der Waals surface area (Å²) in [5.41, 5.74) is 0.374. The number of thiol groups is 1. The maximum Gasteiger partial charge on any atom is 0.416 e. The highest BCUT2D eigenvalue weighted by Gasteiger charge is 2.34. The van der Waals surface area contributed by atoms with Crippen molar-refractivity contribution in [2.75, 3.05) is 13.1 Å². The predicted octanol–water partition coefficient (Wildman–Crippen LogP) is 3.35. The Morgan fingerprint density at radius 2 is 1.74 bits per heavy atom. The van der Waals surface area contributed by atoms with E-state index in [1.807, 2.05) is 0 Å². The molecule has 1 aliphatic rings. The van der Waals surface area contributed by atoms with E-state index in [1.165, 1.54) is 40.1 Å². The van der Waals surface area contributed by atoms with E-state index < -0.39 is 27.7 Å². The Kier molecular flexibility index (Phi) is 6.84. The normalized spacial score (nSPS) is 16.2. The van der Waals surface area contributed by atoms with Crippen molar-refractivity contribution < 1.29 is 36.3 Å². The van der Waals surface area contributed by atoms with Gasteiger partial charge in [-0.2, -0.15) is 17.5 Å². The summed E-state index contributed by atoms with van der Waals surface area (Å²) < 4.78 is 71.0. The fourth-order valence-corrected chi connectivity index (χ4v) is 5.33. The molecule has 168 valence electrons. The van der Waals surface area contributed by atoms with Gasteiger partial charge >= 0.3 is 6.18 Å². The first-order valence-electron chi connectivity index (χ1n) is 9.14. The summed E-state index contributed by atoms with van der Waals surface area (Å²) in [6, 6.07) is 8.42. The van der Waals surface area contributed by atoms with Crippen LogP contribution in [0.4, 0.5) is 13.2 Å². The molecular weight excluding hydrogens is 457 g/mol. The predicted molar refractivity (Wildman–Crippen MR) is 107 cm³/mol. The maximum absolute atomic E-state index is 13.1. The molecule has 0 saturated carbocycles. The number of alkyl halides is 3. The topological polar surface area (TPSA) is 95.9 Å². The molecule has 1 saturated heterocycles. The van der Waals surface area contributed by atoms with Crippen molar-refractivity contribution in [1.29, 1.82) is 0 Å². The van der Waals surface area contributed by atoms with E-state index in [-0.39, 0.29) is 40.3 Å². The molecule has 2 aromatic carbocycles. The van der Waals surface area contributed by atoms with Crippen LogP contribution in [0.1, 0.15) is 28.8 Å². The summed E-state index contributed by atoms with van der Waals surface area (Å²) in [6.45, 7) is 0.176. The number of ether oxygens (including phenoxy) is 1. The molecule has 1 fully saturated rings. The second kappa shape index (κ2) is 9.07. The third kappa shape index (κ3) is 5.14. The molecule has 2 aromatic rings. The van der Waals surface area contributed by atoms with Gasteiger partial charge in [0.05, 0.1) is 16.0 Å². The first-order chi connectivity index (χ1) is 14.5. The number of halogens is 3. The van der Waals surface area contributed by atoms with Gasteiger partial charge in [-0.15, -0.1) is 12.6 Å². The van der Waals surface area contributed by atoms with E-state index in [9.17, 15) is 26.4 Å². The van der Waals surface area contributed by atoms with E-state index in [0.717, 1.165) is 12.1 Å². The molecular formula is C19H19F3N2O5S2. The summed E-state index contributed by atoms with van der Waals surface area (Å²) in [7, 11) is -4.06. The lowest BCUT2D eigenvalue weighted by Gasteiger charge is -2.32. The van der Waals surface area contributed by atoms with Gasteiger partial charge in [0.15, 0.2) is 0 Å². The summed E-state index contributed by atoms with van der Waals surface area (Å²) in [4.78, 5) is 11.7. The van der Waals surface area contributed by atoms with Gasteiger partial charge in [-0.3, -0.25) is 10.0 Å². The van der Waals surface area contributed by atoms with Crippen LogP contribution in [-0.2, 0) is 16.2 Å². The second-order valence-electron chi connectivity index (χ2n) is 6.83. The van der Waals surface area contributed by atoms with Gasteiger partial charge in [0, 0.05) is 18.0 Å². The Bertz CT molecular complexity index is 1050. The van der Waals surface area contributed by atoms with Crippen molar-refractivity contribution in [3.05, 3.63) is 53.6 Å². The van der Waals surface area contributed by atoms with Gasteiger partial charge in [-0.05, 0) is 49.2 Å². The first-order valence-corrected chi connectivity index (χ1v) is 11.0. The molecule has 0 unspecified atom stereocenters. The quantitative estimate of drug-likeness (QED) is 0.350. The fourth-order valence-electron chi connectivity index (χ4n) is 3.26. The fraction of sp³-hybridized carbons (Fsp3) is 0.316. The van der Waals surface area contributed by atoms with Gasteiger partial charge < -0.3 is 4.74 Å². The van der Waals surface area contributed by atoms with Crippen LogP contribution in [0.2, 0.25) is 0 Å². The molecule has 1 amide bonds. The van der Waals surface area contributed by atoms with Gasteiger partial charge in [0.2, 0.25) is 10.0 Å². The summed E-state index contributed by atoms with van der Waals surface area (Å²) in [5.74, 6) is -0.733. The molecule has 0 spiro atoms. The number of rotatable bonds is 5. The molecule has 2 N–H and O–H groups in total. The number of amides is 1.